The van der Waals surface area contributed by atoms with Crippen LogP contribution in [0.1, 0.15) is 11.6 Å². The number of amides is 3. The van der Waals surface area contributed by atoms with Gasteiger partial charge in [-0.25, -0.2) is 9.18 Å². The number of hydrogen-bond donors (Lipinski definition) is 1. The Bertz CT molecular complexity index is 850. The Kier molecular flexibility index (Phi) is 5.64. The van der Waals surface area contributed by atoms with Crippen LogP contribution >= 0.6 is 0 Å². The fraction of sp³-hybridized carbons (Fsp3) is 0.429. The van der Waals surface area contributed by atoms with Crippen LogP contribution in [0.3, 0.4) is 0 Å². The standard InChI is InChI=1S/C21H25FN4O3/c1-2-7-26-17-14-25(9-8-24-10-12-29-13-11-24)20(27)18(17)19(23-21(26)28)15-5-3-4-6-16(15)22/h2-6,19H,1,7-14H2,(H,23,28)/t19-/m1/s1. The van der Waals surface area contributed by atoms with Gasteiger partial charge in [0.1, 0.15) is 5.82 Å². The number of ether oxygens (including phenoxy) is 1. The van der Waals surface area contributed by atoms with Crippen molar-refractivity contribution in [3.63, 3.8) is 0 Å². The van der Waals surface area contributed by atoms with Gasteiger partial charge in [0.2, 0.25) is 0 Å². The maximum Gasteiger partial charge on any atom is 0.322 e. The van der Waals surface area contributed by atoms with E-state index in [2.05, 4.69) is 16.8 Å². The van der Waals surface area contributed by atoms with Crippen molar-refractivity contribution in [2.45, 2.75) is 6.04 Å². The molecule has 1 saturated heterocycles. The monoisotopic (exact) mass is 400 g/mol. The maximum atomic E-state index is 14.5. The number of benzene rings is 1. The minimum absolute atomic E-state index is 0.157. The molecule has 3 heterocycles. The van der Waals surface area contributed by atoms with Crippen molar-refractivity contribution >= 4 is 11.9 Å². The van der Waals surface area contributed by atoms with Gasteiger partial charge in [-0.15, -0.1) is 6.58 Å². The molecule has 3 amide bonds. The van der Waals surface area contributed by atoms with Crippen molar-refractivity contribution in [1.82, 2.24) is 20.0 Å². The molecule has 3 aliphatic heterocycles. The van der Waals surface area contributed by atoms with Gasteiger partial charge in [-0.1, -0.05) is 24.3 Å². The Labute approximate surface area is 169 Å². The third-order valence-corrected chi connectivity index (χ3v) is 5.61. The molecule has 1 atom stereocenters. The number of carbonyl (C=O) groups is 2. The predicted molar refractivity (Wildman–Crippen MR) is 105 cm³/mol. The molecule has 0 bridgehead atoms. The highest BCUT2D eigenvalue weighted by Gasteiger charge is 2.44. The molecule has 4 rings (SSSR count). The first kappa shape index (κ1) is 19.6. The van der Waals surface area contributed by atoms with Crippen LogP contribution in [0.25, 0.3) is 0 Å². The zero-order chi connectivity index (χ0) is 20.4. The van der Waals surface area contributed by atoms with Crippen LogP contribution < -0.4 is 5.32 Å². The van der Waals surface area contributed by atoms with E-state index in [1.807, 2.05) is 0 Å². The number of nitrogens with zero attached hydrogens (tertiary/aromatic N) is 3. The maximum absolute atomic E-state index is 14.5. The number of morpholine rings is 1. The number of halogens is 1. The van der Waals surface area contributed by atoms with Gasteiger partial charge in [-0.3, -0.25) is 14.6 Å². The number of rotatable bonds is 6. The minimum atomic E-state index is -0.791. The van der Waals surface area contributed by atoms with Crippen LogP contribution in [0.2, 0.25) is 0 Å². The Balaban J connectivity index is 1.60. The molecule has 0 spiro atoms. The first-order chi connectivity index (χ1) is 14.1. The van der Waals surface area contributed by atoms with E-state index in [1.54, 1.807) is 29.2 Å². The summed E-state index contributed by atoms with van der Waals surface area (Å²) in [6.45, 7) is 8.71. The topological polar surface area (TPSA) is 65.1 Å². The lowest BCUT2D eigenvalue weighted by Gasteiger charge is -2.33. The molecule has 29 heavy (non-hydrogen) atoms. The van der Waals surface area contributed by atoms with Gasteiger partial charge in [0.15, 0.2) is 0 Å². The molecule has 1 aromatic rings. The van der Waals surface area contributed by atoms with Crippen molar-refractivity contribution in [1.29, 1.82) is 0 Å². The van der Waals surface area contributed by atoms with Crippen molar-refractivity contribution in [3.8, 4) is 0 Å². The summed E-state index contributed by atoms with van der Waals surface area (Å²) in [5, 5.41) is 2.80. The molecule has 0 aromatic heterocycles. The molecule has 3 aliphatic rings. The first-order valence-corrected chi connectivity index (χ1v) is 9.86. The average Bonchev–Trinajstić information content (AvgIpc) is 3.06. The quantitative estimate of drug-likeness (QED) is 0.736. The van der Waals surface area contributed by atoms with Gasteiger partial charge >= 0.3 is 6.03 Å². The van der Waals surface area contributed by atoms with Crippen molar-refractivity contribution in [2.24, 2.45) is 0 Å². The fourth-order valence-corrected chi connectivity index (χ4v) is 4.08. The molecule has 154 valence electrons. The van der Waals surface area contributed by atoms with E-state index in [-0.39, 0.29) is 11.9 Å². The van der Waals surface area contributed by atoms with E-state index in [9.17, 15) is 14.0 Å². The van der Waals surface area contributed by atoms with E-state index in [0.717, 1.165) is 19.6 Å². The number of urea groups is 1. The third kappa shape index (κ3) is 3.77. The number of hydrogen-bond acceptors (Lipinski definition) is 4. The lowest BCUT2D eigenvalue weighted by molar-refractivity contribution is -0.126. The molecule has 1 aromatic carbocycles. The van der Waals surface area contributed by atoms with E-state index < -0.39 is 11.9 Å². The highest BCUT2D eigenvalue weighted by molar-refractivity contribution is 6.01. The largest absolute Gasteiger partial charge is 0.379 e. The van der Waals surface area contributed by atoms with Crippen LogP contribution in [0.15, 0.2) is 48.2 Å². The van der Waals surface area contributed by atoms with Crippen molar-refractivity contribution in [2.75, 3.05) is 52.5 Å². The van der Waals surface area contributed by atoms with E-state index in [4.69, 9.17) is 4.74 Å². The van der Waals surface area contributed by atoms with Crippen LogP contribution in [0.4, 0.5) is 9.18 Å². The normalized spacial score (nSPS) is 22.7. The Morgan fingerprint density at radius 3 is 2.69 bits per heavy atom. The predicted octanol–water partition coefficient (Wildman–Crippen LogP) is 1.51. The van der Waals surface area contributed by atoms with Crippen molar-refractivity contribution in [3.05, 3.63) is 59.6 Å². The fourth-order valence-electron chi connectivity index (χ4n) is 4.08. The van der Waals surface area contributed by atoms with Crippen LogP contribution in [0.5, 0.6) is 0 Å². The molecular weight excluding hydrogens is 375 g/mol. The molecule has 1 N–H and O–H groups in total. The highest BCUT2D eigenvalue weighted by atomic mass is 19.1. The summed E-state index contributed by atoms with van der Waals surface area (Å²) in [5.41, 5.74) is 1.38. The molecule has 0 radical (unpaired) electrons. The first-order valence-electron chi connectivity index (χ1n) is 9.86. The van der Waals surface area contributed by atoms with Gasteiger partial charge in [-0.2, -0.15) is 0 Å². The summed E-state index contributed by atoms with van der Waals surface area (Å²) >= 11 is 0. The summed E-state index contributed by atoms with van der Waals surface area (Å²) in [6, 6.07) is 5.11. The molecule has 8 heteroatoms. The summed E-state index contributed by atoms with van der Waals surface area (Å²) in [5.74, 6) is -0.600. The smallest absolute Gasteiger partial charge is 0.322 e. The van der Waals surface area contributed by atoms with Gasteiger partial charge in [0, 0.05) is 38.3 Å². The zero-order valence-corrected chi connectivity index (χ0v) is 16.3. The molecule has 0 aliphatic carbocycles. The number of carbonyl (C=O) groups excluding carboxylic acids is 2. The third-order valence-electron chi connectivity index (χ3n) is 5.61. The second kappa shape index (κ2) is 8.34. The summed E-state index contributed by atoms with van der Waals surface area (Å²) in [4.78, 5) is 31.5. The van der Waals surface area contributed by atoms with Gasteiger partial charge in [0.25, 0.3) is 5.91 Å². The van der Waals surface area contributed by atoms with Crippen LogP contribution in [-0.2, 0) is 9.53 Å². The Morgan fingerprint density at radius 2 is 1.97 bits per heavy atom. The van der Waals surface area contributed by atoms with Crippen LogP contribution in [-0.4, -0.2) is 79.1 Å². The van der Waals surface area contributed by atoms with Crippen LogP contribution in [0, 0.1) is 5.82 Å². The van der Waals surface area contributed by atoms with E-state index >= 15 is 0 Å². The summed E-state index contributed by atoms with van der Waals surface area (Å²) < 4.78 is 19.8. The molecule has 7 nitrogen and oxygen atoms in total. The zero-order valence-electron chi connectivity index (χ0n) is 16.3. The number of nitrogens with one attached hydrogen (secondary N) is 1. The highest BCUT2D eigenvalue weighted by Crippen LogP contribution is 2.36. The molecular formula is C21H25FN4O3. The second-order valence-corrected chi connectivity index (χ2v) is 7.34. The molecule has 0 saturated carbocycles. The lowest BCUT2D eigenvalue weighted by Crippen LogP contribution is -2.47. The second-order valence-electron chi connectivity index (χ2n) is 7.34. The summed E-state index contributed by atoms with van der Waals surface area (Å²) in [7, 11) is 0. The summed E-state index contributed by atoms with van der Waals surface area (Å²) in [6.07, 6.45) is 1.62. The lowest BCUT2D eigenvalue weighted by atomic mass is 9.95. The molecule has 1 fully saturated rings. The molecule has 0 unspecified atom stereocenters. The Morgan fingerprint density at radius 1 is 1.21 bits per heavy atom. The van der Waals surface area contributed by atoms with Gasteiger partial charge in [-0.05, 0) is 6.07 Å². The van der Waals surface area contributed by atoms with Gasteiger partial charge < -0.3 is 15.0 Å². The van der Waals surface area contributed by atoms with Crippen molar-refractivity contribution < 1.29 is 18.7 Å². The average molecular weight is 400 g/mol. The van der Waals surface area contributed by atoms with E-state index in [0.29, 0.717) is 49.7 Å². The van der Waals surface area contributed by atoms with Gasteiger partial charge in [0.05, 0.1) is 37.1 Å². The minimum Gasteiger partial charge on any atom is -0.379 e. The van der Waals surface area contributed by atoms with E-state index in [1.165, 1.54) is 11.0 Å². The Hall–Kier alpha value is -2.71. The SMILES string of the molecule is C=CCN1C(=O)N[C@H](c2ccccc2F)C2=C1CN(CCN1CCOCC1)C2=O.